The molecule has 0 aliphatic carbocycles. The summed E-state index contributed by atoms with van der Waals surface area (Å²) in [6.45, 7) is 7.29. The number of imidazole rings is 1. The van der Waals surface area contributed by atoms with Crippen LogP contribution in [-0.4, -0.2) is 43.1 Å². The van der Waals surface area contributed by atoms with Crippen molar-refractivity contribution in [3.8, 4) is 0 Å². The van der Waals surface area contributed by atoms with Crippen molar-refractivity contribution < 1.29 is 23.6 Å². The molecule has 0 saturated carbocycles. The molecule has 0 bridgehead atoms. The molecule has 38 heavy (non-hydrogen) atoms. The van der Waals surface area contributed by atoms with Crippen LogP contribution in [0, 0.1) is 0 Å². The van der Waals surface area contributed by atoms with Crippen molar-refractivity contribution in [1.82, 2.24) is 4.57 Å². The number of aromatic nitrogens is 2. The molecule has 0 radical (unpaired) electrons. The van der Waals surface area contributed by atoms with E-state index in [1.54, 1.807) is 0 Å². The van der Waals surface area contributed by atoms with Crippen LogP contribution in [0.2, 0.25) is 0 Å². The van der Waals surface area contributed by atoms with Crippen molar-refractivity contribution in [3.63, 3.8) is 0 Å². The SMILES string of the molecule is CCCCCCCCCCCCCCCCCCOCC(COC(=O)CCCCn1cc[n+](C)c1)OCC. The van der Waals surface area contributed by atoms with Gasteiger partial charge in [0.25, 0.3) is 0 Å². The van der Waals surface area contributed by atoms with Gasteiger partial charge >= 0.3 is 5.97 Å². The average Bonchev–Trinajstić information content (AvgIpc) is 3.33. The van der Waals surface area contributed by atoms with E-state index in [1.165, 1.54) is 96.3 Å². The van der Waals surface area contributed by atoms with Crippen LogP contribution in [-0.2, 0) is 32.6 Å². The normalized spacial score (nSPS) is 12.2. The van der Waals surface area contributed by atoms with Crippen LogP contribution in [0.25, 0.3) is 0 Å². The van der Waals surface area contributed by atoms with Gasteiger partial charge in [-0.1, -0.05) is 103 Å². The molecule has 0 N–H and O–H groups in total. The fourth-order valence-electron chi connectivity index (χ4n) is 4.80. The zero-order chi connectivity index (χ0) is 27.5. The van der Waals surface area contributed by atoms with Crippen LogP contribution in [0.1, 0.15) is 136 Å². The van der Waals surface area contributed by atoms with Gasteiger partial charge in [-0.2, -0.15) is 0 Å². The van der Waals surface area contributed by atoms with Gasteiger partial charge in [-0.05, 0) is 26.2 Å². The summed E-state index contributed by atoms with van der Waals surface area (Å²) in [5.41, 5.74) is 0. The maximum atomic E-state index is 12.1. The van der Waals surface area contributed by atoms with Crippen LogP contribution in [0.4, 0.5) is 0 Å². The van der Waals surface area contributed by atoms with Crippen molar-refractivity contribution in [2.75, 3.05) is 26.4 Å². The fraction of sp³-hybridized carbons (Fsp3) is 0.875. The average molecular weight is 538 g/mol. The van der Waals surface area contributed by atoms with Crippen molar-refractivity contribution in [1.29, 1.82) is 0 Å². The molecule has 6 nitrogen and oxygen atoms in total. The molecule has 0 aliphatic heterocycles. The molecule has 0 amide bonds. The lowest BCUT2D eigenvalue weighted by Gasteiger charge is -2.17. The number of esters is 1. The van der Waals surface area contributed by atoms with E-state index in [2.05, 4.69) is 11.5 Å². The first-order valence-corrected chi connectivity index (χ1v) is 16.0. The van der Waals surface area contributed by atoms with E-state index in [0.29, 0.717) is 19.6 Å². The van der Waals surface area contributed by atoms with Crippen molar-refractivity contribution in [2.45, 2.75) is 148 Å². The van der Waals surface area contributed by atoms with E-state index in [4.69, 9.17) is 14.2 Å². The topological polar surface area (TPSA) is 53.6 Å². The van der Waals surface area contributed by atoms with Crippen LogP contribution >= 0.6 is 0 Å². The van der Waals surface area contributed by atoms with Gasteiger partial charge in [0.15, 0.2) is 0 Å². The predicted molar refractivity (Wildman–Crippen MR) is 156 cm³/mol. The third-order valence-corrected chi connectivity index (χ3v) is 7.15. The Morgan fingerprint density at radius 3 is 1.87 bits per heavy atom. The molecule has 1 atom stereocenters. The maximum Gasteiger partial charge on any atom is 0.305 e. The van der Waals surface area contributed by atoms with E-state index in [9.17, 15) is 4.79 Å². The largest absolute Gasteiger partial charge is 0.463 e. The van der Waals surface area contributed by atoms with Gasteiger partial charge in [-0.25, -0.2) is 9.13 Å². The third kappa shape index (κ3) is 21.5. The van der Waals surface area contributed by atoms with E-state index in [0.717, 1.165) is 32.4 Å². The summed E-state index contributed by atoms with van der Waals surface area (Å²) in [7, 11) is 2.01. The lowest BCUT2D eigenvalue weighted by atomic mass is 10.0. The van der Waals surface area contributed by atoms with Crippen LogP contribution in [0.5, 0.6) is 0 Å². The number of hydrogen-bond donors (Lipinski definition) is 0. The monoisotopic (exact) mass is 537 g/mol. The lowest BCUT2D eigenvalue weighted by Crippen LogP contribution is -2.27. The first-order valence-electron chi connectivity index (χ1n) is 16.0. The summed E-state index contributed by atoms with van der Waals surface area (Å²) in [6, 6.07) is 0. The molecule has 0 spiro atoms. The van der Waals surface area contributed by atoms with E-state index >= 15 is 0 Å². The lowest BCUT2D eigenvalue weighted by molar-refractivity contribution is -0.671. The zero-order valence-corrected chi connectivity index (χ0v) is 25.3. The summed E-state index contributed by atoms with van der Waals surface area (Å²) in [4.78, 5) is 12.1. The Bertz CT molecular complexity index is 649. The second kappa shape index (κ2) is 25.9. The molecule has 6 heteroatoms. The highest BCUT2D eigenvalue weighted by Gasteiger charge is 2.13. The Morgan fingerprint density at radius 1 is 0.763 bits per heavy atom. The number of unbranched alkanes of at least 4 members (excludes halogenated alkanes) is 16. The van der Waals surface area contributed by atoms with Gasteiger partial charge in [0.05, 0.1) is 20.2 Å². The number of nitrogens with zero attached hydrogens (tertiary/aromatic N) is 2. The molecule has 1 aromatic rings. The predicted octanol–water partition coefficient (Wildman–Crippen LogP) is 7.71. The second-order valence-corrected chi connectivity index (χ2v) is 10.9. The smallest absolute Gasteiger partial charge is 0.305 e. The standard InChI is InChI=1S/C32H61N2O4/c1-4-6-7-8-9-10-11-12-13-14-15-16-17-18-19-22-27-36-28-31(37-5-2)29-38-32(35)23-20-21-24-34-26-25-33(3)30-34/h25-26,30-31H,4-24,27-29H2,1-3H3/q+1. The minimum absolute atomic E-state index is 0.148. The Hall–Kier alpha value is -1.40. The fourth-order valence-corrected chi connectivity index (χ4v) is 4.80. The molecule has 1 unspecified atom stereocenters. The number of ether oxygens (including phenoxy) is 3. The molecule has 222 valence electrons. The molecule has 1 aromatic heterocycles. The summed E-state index contributed by atoms with van der Waals surface area (Å²) >= 11 is 0. The van der Waals surface area contributed by atoms with Gasteiger partial charge in [0.1, 0.15) is 25.1 Å². The highest BCUT2D eigenvalue weighted by Crippen LogP contribution is 2.14. The highest BCUT2D eigenvalue weighted by molar-refractivity contribution is 5.69. The summed E-state index contributed by atoms with van der Waals surface area (Å²) < 4.78 is 21.1. The van der Waals surface area contributed by atoms with Crippen molar-refractivity contribution in [2.24, 2.45) is 7.05 Å². The van der Waals surface area contributed by atoms with Crippen LogP contribution < -0.4 is 4.57 Å². The Kier molecular flexibility index (Phi) is 23.6. The number of hydrogen-bond acceptors (Lipinski definition) is 4. The van der Waals surface area contributed by atoms with Crippen LogP contribution in [0.15, 0.2) is 18.7 Å². The minimum Gasteiger partial charge on any atom is -0.463 e. The van der Waals surface area contributed by atoms with Gasteiger partial charge in [-0.15, -0.1) is 0 Å². The first-order chi connectivity index (χ1) is 18.7. The van der Waals surface area contributed by atoms with Gasteiger partial charge < -0.3 is 14.2 Å². The summed E-state index contributed by atoms with van der Waals surface area (Å²) in [5, 5.41) is 0. The molecule has 0 aromatic carbocycles. The Balaban J connectivity index is 1.88. The highest BCUT2D eigenvalue weighted by atomic mass is 16.6. The van der Waals surface area contributed by atoms with Crippen LogP contribution in [0.3, 0.4) is 0 Å². The molecule has 0 saturated heterocycles. The molecule has 0 fully saturated rings. The van der Waals surface area contributed by atoms with Gasteiger partial charge in [-0.3, -0.25) is 4.79 Å². The molecule has 1 rings (SSSR count). The molecule has 0 aliphatic rings. The number of carbonyl (C=O) groups is 1. The van der Waals surface area contributed by atoms with E-state index < -0.39 is 0 Å². The number of carbonyl (C=O) groups excluding carboxylic acids is 1. The third-order valence-electron chi connectivity index (χ3n) is 7.15. The number of aryl methyl sites for hydroxylation is 2. The van der Waals surface area contributed by atoms with Crippen molar-refractivity contribution >= 4 is 5.97 Å². The maximum absolute atomic E-state index is 12.1. The summed E-state index contributed by atoms with van der Waals surface area (Å²) in [6.07, 6.45) is 30.1. The minimum atomic E-state index is -0.176. The van der Waals surface area contributed by atoms with Gasteiger partial charge in [0.2, 0.25) is 6.33 Å². The zero-order valence-electron chi connectivity index (χ0n) is 25.3. The van der Waals surface area contributed by atoms with E-state index in [1.807, 2.05) is 37.3 Å². The molecular formula is C32H61N2O4+. The Morgan fingerprint density at radius 2 is 1.34 bits per heavy atom. The first kappa shape index (κ1) is 34.6. The summed E-state index contributed by atoms with van der Waals surface area (Å²) in [5.74, 6) is -0.148. The number of rotatable bonds is 28. The second-order valence-electron chi connectivity index (χ2n) is 10.9. The van der Waals surface area contributed by atoms with Crippen molar-refractivity contribution in [3.05, 3.63) is 18.7 Å². The van der Waals surface area contributed by atoms with E-state index in [-0.39, 0.29) is 18.7 Å². The Labute approximate surface area is 234 Å². The molecule has 1 heterocycles. The van der Waals surface area contributed by atoms with Gasteiger partial charge in [0, 0.05) is 19.6 Å². The quantitative estimate of drug-likeness (QED) is 0.0624. The molecular weight excluding hydrogens is 476 g/mol.